The monoisotopic (exact) mass is 298 g/mol. The van der Waals surface area contributed by atoms with Crippen molar-refractivity contribution in [2.75, 3.05) is 20.7 Å². The van der Waals surface area contributed by atoms with Crippen LogP contribution < -0.4 is 0 Å². The Labute approximate surface area is 126 Å². The molecule has 1 aliphatic carbocycles. The van der Waals surface area contributed by atoms with E-state index in [2.05, 4.69) is 0 Å². The molecule has 2 aliphatic rings. The third-order valence-corrected chi connectivity index (χ3v) is 4.36. The fraction of sp³-hybridized carbons (Fsp3) is 0.867. The van der Waals surface area contributed by atoms with Crippen molar-refractivity contribution < 1.29 is 19.2 Å². The van der Waals surface area contributed by atoms with E-state index < -0.39 is 17.7 Å². The highest BCUT2D eigenvalue weighted by Gasteiger charge is 2.51. The summed E-state index contributed by atoms with van der Waals surface area (Å²) in [4.78, 5) is 31.6. The summed E-state index contributed by atoms with van der Waals surface area (Å²) >= 11 is 0. The van der Waals surface area contributed by atoms with Gasteiger partial charge in [-0.15, -0.1) is 0 Å². The summed E-state index contributed by atoms with van der Waals surface area (Å²) in [5, 5.41) is 1.21. The Morgan fingerprint density at radius 3 is 2.48 bits per heavy atom. The molecule has 2 amide bonds. The summed E-state index contributed by atoms with van der Waals surface area (Å²) in [6, 6.07) is -0.461. The fourth-order valence-electron chi connectivity index (χ4n) is 3.41. The molecule has 0 N–H and O–H groups in total. The standard InChI is InChI=1S/C15H26N2O4/c1-15(2,3)21-14(19)17-9-10-7-6-8-11(10)12(17)13(18)16(4)20-5/h10-12H,6-9H2,1-5H3/t10-,11-,12-/m0/s1. The molecule has 6 heteroatoms. The number of hydrogen-bond acceptors (Lipinski definition) is 4. The van der Waals surface area contributed by atoms with E-state index >= 15 is 0 Å². The van der Waals surface area contributed by atoms with E-state index in [0.29, 0.717) is 12.5 Å². The number of ether oxygens (including phenoxy) is 1. The van der Waals surface area contributed by atoms with Gasteiger partial charge in [0.05, 0.1) is 7.11 Å². The van der Waals surface area contributed by atoms with Gasteiger partial charge in [0.25, 0.3) is 5.91 Å². The van der Waals surface area contributed by atoms with E-state index in [1.54, 1.807) is 11.9 Å². The first kappa shape index (κ1) is 16.1. The van der Waals surface area contributed by atoms with Crippen LogP contribution in [0.5, 0.6) is 0 Å². The number of carbonyl (C=O) groups excluding carboxylic acids is 2. The smallest absolute Gasteiger partial charge is 0.410 e. The zero-order valence-electron chi connectivity index (χ0n) is 13.6. The lowest BCUT2D eigenvalue weighted by molar-refractivity contribution is -0.174. The third-order valence-electron chi connectivity index (χ3n) is 4.36. The van der Waals surface area contributed by atoms with Crippen molar-refractivity contribution in [3.05, 3.63) is 0 Å². The minimum absolute atomic E-state index is 0.169. The van der Waals surface area contributed by atoms with E-state index in [1.165, 1.54) is 12.2 Å². The van der Waals surface area contributed by atoms with Crippen LogP contribution in [0.15, 0.2) is 0 Å². The lowest BCUT2D eigenvalue weighted by Crippen LogP contribution is -2.50. The van der Waals surface area contributed by atoms with Crippen molar-refractivity contribution in [1.82, 2.24) is 9.96 Å². The highest BCUT2D eigenvalue weighted by molar-refractivity contribution is 5.86. The van der Waals surface area contributed by atoms with Gasteiger partial charge in [0.2, 0.25) is 0 Å². The van der Waals surface area contributed by atoms with Crippen LogP contribution in [0, 0.1) is 11.8 Å². The zero-order chi connectivity index (χ0) is 15.8. The van der Waals surface area contributed by atoms with Gasteiger partial charge in [0, 0.05) is 13.6 Å². The third kappa shape index (κ3) is 3.31. The Morgan fingerprint density at radius 1 is 1.24 bits per heavy atom. The summed E-state index contributed by atoms with van der Waals surface area (Å²) in [5.74, 6) is 0.456. The number of carbonyl (C=O) groups is 2. The topological polar surface area (TPSA) is 59.1 Å². The number of amides is 2. The quantitative estimate of drug-likeness (QED) is 0.732. The number of hydrogen-bond donors (Lipinski definition) is 0. The van der Waals surface area contributed by atoms with Crippen LogP contribution >= 0.6 is 0 Å². The Balaban J connectivity index is 2.18. The summed E-state index contributed by atoms with van der Waals surface area (Å²) in [6.07, 6.45) is 2.78. The molecular formula is C15H26N2O4. The number of rotatable bonds is 2. The molecular weight excluding hydrogens is 272 g/mol. The van der Waals surface area contributed by atoms with E-state index in [0.717, 1.165) is 19.3 Å². The maximum absolute atomic E-state index is 12.6. The molecule has 0 spiro atoms. The molecule has 0 aromatic rings. The van der Waals surface area contributed by atoms with Crippen molar-refractivity contribution in [3.8, 4) is 0 Å². The predicted octanol–water partition coefficient (Wildman–Crippen LogP) is 2.04. The van der Waals surface area contributed by atoms with Gasteiger partial charge in [-0.25, -0.2) is 9.86 Å². The minimum Gasteiger partial charge on any atom is -0.444 e. The fourth-order valence-corrected chi connectivity index (χ4v) is 3.41. The van der Waals surface area contributed by atoms with E-state index in [1.807, 2.05) is 20.8 Å². The normalized spacial score (nSPS) is 28.4. The van der Waals surface area contributed by atoms with Crippen molar-refractivity contribution >= 4 is 12.0 Å². The minimum atomic E-state index is -0.560. The SMILES string of the molecule is CON(C)C(=O)[C@@H]1[C@H]2CCC[C@H]2CN1C(=O)OC(C)(C)C. The summed E-state index contributed by atoms with van der Waals surface area (Å²) < 4.78 is 5.46. The number of fused-ring (bicyclic) bond motifs is 1. The largest absolute Gasteiger partial charge is 0.444 e. The van der Waals surface area contributed by atoms with Crippen molar-refractivity contribution in [2.45, 2.75) is 51.7 Å². The van der Waals surface area contributed by atoms with Gasteiger partial charge in [0.1, 0.15) is 11.6 Å². The molecule has 21 heavy (non-hydrogen) atoms. The maximum atomic E-state index is 12.6. The van der Waals surface area contributed by atoms with E-state index in [4.69, 9.17) is 9.57 Å². The summed E-state index contributed by atoms with van der Waals surface area (Å²) in [5.41, 5.74) is -0.560. The highest BCUT2D eigenvalue weighted by Crippen LogP contribution is 2.43. The molecule has 0 unspecified atom stereocenters. The van der Waals surface area contributed by atoms with Crippen LogP contribution in [0.1, 0.15) is 40.0 Å². The molecule has 0 aromatic heterocycles. The van der Waals surface area contributed by atoms with Gasteiger partial charge < -0.3 is 4.74 Å². The molecule has 1 aliphatic heterocycles. The van der Waals surface area contributed by atoms with Gasteiger partial charge in [-0.2, -0.15) is 0 Å². The highest BCUT2D eigenvalue weighted by atomic mass is 16.7. The van der Waals surface area contributed by atoms with E-state index in [-0.39, 0.29) is 11.8 Å². The second kappa shape index (κ2) is 5.83. The van der Waals surface area contributed by atoms with Gasteiger partial charge in [-0.1, -0.05) is 6.42 Å². The lowest BCUT2D eigenvalue weighted by atomic mass is 9.93. The second-order valence-corrected chi connectivity index (χ2v) is 6.95. The Kier molecular flexibility index (Phi) is 4.46. The van der Waals surface area contributed by atoms with Crippen LogP contribution in [0.2, 0.25) is 0 Å². The molecule has 2 rings (SSSR count). The second-order valence-electron chi connectivity index (χ2n) is 6.95. The van der Waals surface area contributed by atoms with E-state index in [9.17, 15) is 9.59 Å². The van der Waals surface area contributed by atoms with Crippen LogP contribution in [0.3, 0.4) is 0 Å². The van der Waals surface area contributed by atoms with Crippen molar-refractivity contribution in [1.29, 1.82) is 0 Å². The molecule has 2 fully saturated rings. The van der Waals surface area contributed by atoms with Gasteiger partial charge in [-0.05, 0) is 45.4 Å². The number of nitrogens with zero attached hydrogens (tertiary/aromatic N) is 2. The van der Waals surface area contributed by atoms with Gasteiger partial charge in [-0.3, -0.25) is 14.5 Å². The summed E-state index contributed by atoms with van der Waals surface area (Å²) in [7, 11) is 3.04. The van der Waals surface area contributed by atoms with Crippen molar-refractivity contribution in [3.63, 3.8) is 0 Å². The number of hydroxylamine groups is 2. The molecule has 1 saturated carbocycles. The molecule has 0 bridgehead atoms. The Morgan fingerprint density at radius 2 is 1.90 bits per heavy atom. The van der Waals surface area contributed by atoms with Crippen LogP contribution in [0.4, 0.5) is 4.79 Å². The average Bonchev–Trinajstić information content (AvgIpc) is 2.94. The molecule has 0 aromatic carbocycles. The van der Waals surface area contributed by atoms with Crippen molar-refractivity contribution in [2.24, 2.45) is 11.8 Å². The molecule has 1 saturated heterocycles. The first-order valence-corrected chi connectivity index (χ1v) is 7.56. The molecule has 6 nitrogen and oxygen atoms in total. The molecule has 120 valence electrons. The molecule has 3 atom stereocenters. The predicted molar refractivity (Wildman–Crippen MR) is 77.3 cm³/mol. The molecule has 1 heterocycles. The Hall–Kier alpha value is -1.30. The first-order valence-electron chi connectivity index (χ1n) is 7.56. The summed E-state index contributed by atoms with van der Waals surface area (Å²) in [6.45, 7) is 6.10. The maximum Gasteiger partial charge on any atom is 0.410 e. The average molecular weight is 298 g/mol. The van der Waals surface area contributed by atoms with Crippen LogP contribution in [-0.4, -0.2) is 54.3 Å². The zero-order valence-corrected chi connectivity index (χ0v) is 13.6. The van der Waals surface area contributed by atoms with Gasteiger partial charge >= 0.3 is 6.09 Å². The number of likely N-dealkylation sites (N-methyl/N-ethyl adjacent to an activating group) is 1. The molecule has 0 radical (unpaired) electrons. The van der Waals surface area contributed by atoms with Crippen LogP contribution in [0.25, 0.3) is 0 Å². The van der Waals surface area contributed by atoms with Crippen LogP contribution in [-0.2, 0) is 14.4 Å². The number of likely N-dealkylation sites (tertiary alicyclic amines) is 1. The van der Waals surface area contributed by atoms with Gasteiger partial charge in [0.15, 0.2) is 0 Å². The first-order chi connectivity index (χ1) is 9.74. The lowest BCUT2D eigenvalue weighted by Gasteiger charge is -2.31. The Bertz CT molecular complexity index is 418.